The van der Waals surface area contributed by atoms with Crippen LogP contribution in [0.4, 0.5) is 22.5 Å². The Bertz CT molecular complexity index is 854. The topological polar surface area (TPSA) is 107 Å². The Labute approximate surface area is 149 Å². The number of nitrogen functional groups attached to an aromatic ring is 1. The number of fused-ring (bicyclic) bond motifs is 1. The average molecular weight is 360 g/mol. The van der Waals surface area contributed by atoms with Gasteiger partial charge in [-0.05, 0) is 24.6 Å². The molecular weight excluding hydrogens is 340 g/mol. The van der Waals surface area contributed by atoms with Gasteiger partial charge in [0, 0.05) is 20.3 Å². The van der Waals surface area contributed by atoms with Gasteiger partial charge in [0.1, 0.15) is 17.8 Å². The lowest BCUT2D eigenvalue weighted by molar-refractivity contribution is 0.198. The van der Waals surface area contributed by atoms with Crippen LogP contribution in [0.2, 0.25) is 0 Å². The molecule has 132 valence electrons. The van der Waals surface area contributed by atoms with Gasteiger partial charge in [0.15, 0.2) is 16.8 Å². The molecule has 0 aliphatic heterocycles. The highest BCUT2D eigenvalue weighted by molar-refractivity contribution is 7.22. The molecule has 3 aromatic rings. The summed E-state index contributed by atoms with van der Waals surface area (Å²) in [7, 11) is 3.32. The number of ether oxygens (including phenoxy) is 2. The molecule has 0 bridgehead atoms. The highest BCUT2D eigenvalue weighted by atomic mass is 32.1. The van der Waals surface area contributed by atoms with Crippen molar-refractivity contribution in [2.24, 2.45) is 0 Å². The van der Waals surface area contributed by atoms with E-state index < -0.39 is 0 Å². The van der Waals surface area contributed by atoms with Crippen LogP contribution < -0.4 is 21.1 Å². The molecule has 0 amide bonds. The molecular formula is C16H20N6O2S. The minimum atomic E-state index is 0.455. The third-order valence-corrected chi connectivity index (χ3v) is 4.46. The zero-order chi connectivity index (χ0) is 17.6. The summed E-state index contributed by atoms with van der Waals surface area (Å²) < 4.78 is 11.3. The number of methoxy groups -OCH3 is 2. The van der Waals surface area contributed by atoms with E-state index in [2.05, 4.69) is 25.6 Å². The third-order valence-electron chi connectivity index (χ3n) is 3.52. The predicted molar refractivity (Wildman–Crippen MR) is 101 cm³/mol. The zero-order valence-corrected chi connectivity index (χ0v) is 14.9. The zero-order valence-electron chi connectivity index (χ0n) is 14.1. The van der Waals surface area contributed by atoms with Crippen LogP contribution in [0.5, 0.6) is 5.75 Å². The van der Waals surface area contributed by atoms with Crippen LogP contribution in [-0.4, -0.2) is 42.3 Å². The van der Waals surface area contributed by atoms with Crippen molar-refractivity contribution < 1.29 is 9.47 Å². The molecule has 8 nitrogen and oxygen atoms in total. The van der Waals surface area contributed by atoms with Crippen LogP contribution in [0.15, 0.2) is 24.5 Å². The lowest BCUT2D eigenvalue weighted by Crippen LogP contribution is -2.10. The van der Waals surface area contributed by atoms with Crippen molar-refractivity contribution in [2.45, 2.75) is 6.42 Å². The normalized spacial score (nSPS) is 10.8. The summed E-state index contributed by atoms with van der Waals surface area (Å²) in [6.07, 6.45) is 2.33. The van der Waals surface area contributed by atoms with Crippen LogP contribution in [0.25, 0.3) is 10.2 Å². The Morgan fingerprint density at radius 2 is 2.04 bits per heavy atom. The van der Waals surface area contributed by atoms with Crippen molar-refractivity contribution in [2.75, 3.05) is 43.7 Å². The molecule has 1 aromatic carbocycles. The molecule has 0 atom stereocenters. The van der Waals surface area contributed by atoms with E-state index in [0.29, 0.717) is 29.1 Å². The summed E-state index contributed by atoms with van der Waals surface area (Å²) in [5.74, 6) is 1.92. The molecule has 4 N–H and O–H groups in total. The predicted octanol–water partition coefficient (Wildman–Crippen LogP) is 2.87. The number of nitrogens with zero attached hydrogens (tertiary/aromatic N) is 3. The number of nitrogens with one attached hydrogen (secondary N) is 2. The Balaban J connectivity index is 1.76. The Morgan fingerprint density at radius 3 is 2.84 bits per heavy atom. The highest BCUT2D eigenvalue weighted by Crippen LogP contribution is 2.32. The maximum atomic E-state index is 6.16. The molecule has 2 aromatic heterocycles. The van der Waals surface area contributed by atoms with Gasteiger partial charge < -0.3 is 25.8 Å². The second-order valence-electron chi connectivity index (χ2n) is 5.24. The Morgan fingerprint density at radius 1 is 1.20 bits per heavy atom. The smallest absolute Gasteiger partial charge is 0.189 e. The molecule has 0 saturated carbocycles. The number of benzene rings is 1. The molecule has 3 rings (SSSR count). The van der Waals surface area contributed by atoms with Gasteiger partial charge in [-0.1, -0.05) is 11.3 Å². The molecule has 9 heteroatoms. The fourth-order valence-electron chi connectivity index (χ4n) is 2.25. The van der Waals surface area contributed by atoms with Crippen molar-refractivity contribution >= 4 is 44.0 Å². The standard InChI is InChI=1S/C16H20N6O2S/c1-23-7-3-6-18-14-13(17)15(20-9-19-14)22-16-21-11-5-4-10(24-2)8-12(11)25-16/h4-5,8-9H,3,6-7,17H2,1-2H3,(H2,18,19,20,21,22). The average Bonchev–Trinajstić information content (AvgIpc) is 3.03. The maximum Gasteiger partial charge on any atom is 0.189 e. The van der Waals surface area contributed by atoms with Gasteiger partial charge in [-0.3, -0.25) is 0 Å². The van der Waals surface area contributed by atoms with E-state index in [1.807, 2.05) is 18.2 Å². The summed E-state index contributed by atoms with van der Waals surface area (Å²) in [5.41, 5.74) is 7.50. The van der Waals surface area contributed by atoms with Crippen LogP contribution >= 0.6 is 11.3 Å². The van der Waals surface area contributed by atoms with Gasteiger partial charge in [0.05, 0.1) is 17.3 Å². The third kappa shape index (κ3) is 4.06. The molecule has 0 spiro atoms. The largest absolute Gasteiger partial charge is 0.497 e. The number of anilines is 4. The van der Waals surface area contributed by atoms with E-state index in [0.717, 1.165) is 28.9 Å². The summed E-state index contributed by atoms with van der Waals surface area (Å²) in [6.45, 7) is 1.40. The monoisotopic (exact) mass is 360 g/mol. The van der Waals surface area contributed by atoms with Crippen molar-refractivity contribution in [3.8, 4) is 5.75 Å². The number of rotatable bonds is 8. The Hall–Kier alpha value is -2.65. The summed E-state index contributed by atoms with van der Waals surface area (Å²) >= 11 is 1.51. The lowest BCUT2D eigenvalue weighted by atomic mass is 10.3. The number of aromatic nitrogens is 3. The van der Waals surface area contributed by atoms with Crippen LogP contribution in [-0.2, 0) is 4.74 Å². The second kappa shape index (κ2) is 7.95. The summed E-state index contributed by atoms with van der Waals surface area (Å²) in [5, 5.41) is 7.06. The van der Waals surface area contributed by atoms with Crippen molar-refractivity contribution in [1.82, 2.24) is 15.0 Å². The highest BCUT2D eigenvalue weighted by Gasteiger charge is 2.11. The molecule has 0 unspecified atom stereocenters. The summed E-state index contributed by atoms with van der Waals surface area (Å²) in [6, 6.07) is 5.75. The SMILES string of the molecule is COCCCNc1ncnc(Nc2nc3ccc(OC)cc3s2)c1N. The number of thiazole rings is 1. The van der Waals surface area contributed by atoms with E-state index in [1.165, 1.54) is 17.7 Å². The van der Waals surface area contributed by atoms with Gasteiger partial charge >= 0.3 is 0 Å². The van der Waals surface area contributed by atoms with Gasteiger partial charge in [0.2, 0.25) is 0 Å². The van der Waals surface area contributed by atoms with Gasteiger partial charge in [-0.25, -0.2) is 15.0 Å². The van der Waals surface area contributed by atoms with Crippen molar-refractivity contribution in [3.05, 3.63) is 24.5 Å². The van der Waals surface area contributed by atoms with E-state index in [-0.39, 0.29) is 0 Å². The maximum absolute atomic E-state index is 6.16. The van der Waals surface area contributed by atoms with Gasteiger partial charge in [-0.15, -0.1) is 0 Å². The number of hydrogen-bond donors (Lipinski definition) is 3. The van der Waals surface area contributed by atoms with Gasteiger partial charge in [0.25, 0.3) is 0 Å². The van der Waals surface area contributed by atoms with Crippen molar-refractivity contribution in [3.63, 3.8) is 0 Å². The van der Waals surface area contributed by atoms with Crippen molar-refractivity contribution in [1.29, 1.82) is 0 Å². The Kier molecular flexibility index (Phi) is 5.46. The van der Waals surface area contributed by atoms with Crippen LogP contribution in [0.3, 0.4) is 0 Å². The molecule has 0 radical (unpaired) electrons. The first-order valence-electron chi connectivity index (χ1n) is 7.76. The second-order valence-corrected chi connectivity index (χ2v) is 6.27. The fourth-order valence-corrected chi connectivity index (χ4v) is 3.14. The number of nitrogens with two attached hydrogens (primary N) is 1. The molecule has 0 saturated heterocycles. The first kappa shape index (κ1) is 17.2. The minimum absolute atomic E-state index is 0.455. The molecule has 2 heterocycles. The first-order chi connectivity index (χ1) is 12.2. The van der Waals surface area contributed by atoms with E-state index in [4.69, 9.17) is 15.2 Å². The van der Waals surface area contributed by atoms with Crippen LogP contribution in [0, 0.1) is 0 Å². The molecule has 0 fully saturated rings. The first-order valence-corrected chi connectivity index (χ1v) is 8.58. The van der Waals surface area contributed by atoms with E-state index >= 15 is 0 Å². The lowest BCUT2D eigenvalue weighted by Gasteiger charge is -2.11. The molecule has 0 aliphatic carbocycles. The quantitative estimate of drug-likeness (QED) is 0.526. The fraction of sp³-hybridized carbons (Fsp3) is 0.312. The van der Waals surface area contributed by atoms with E-state index in [1.54, 1.807) is 14.2 Å². The number of hydrogen-bond acceptors (Lipinski definition) is 9. The molecule has 25 heavy (non-hydrogen) atoms. The van der Waals surface area contributed by atoms with E-state index in [9.17, 15) is 0 Å². The molecule has 0 aliphatic rings. The van der Waals surface area contributed by atoms with Gasteiger partial charge in [-0.2, -0.15) is 0 Å². The van der Waals surface area contributed by atoms with Crippen LogP contribution in [0.1, 0.15) is 6.42 Å². The summed E-state index contributed by atoms with van der Waals surface area (Å²) in [4.78, 5) is 12.9. The minimum Gasteiger partial charge on any atom is -0.497 e.